The lowest BCUT2D eigenvalue weighted by Crippen LogP contribution is -2.26. The van der Waals surface area contributed by atoms with Crippen molar-refractivity contribution in [2.75, 3.05) is 25.5 Å². The Labute approximate surface area is 176 Å². The van der Waals surface area contributed by atoms with Crippen LogP contribution in [0.5, 0.6) is 0 Å². The number of aromatic nitrogens is 1. The van der Waals surface area contributed by atoms with E-state index in [1.807, 2.05) is 0 Å². The van der Waals surface area contributed by atoms with E-state index in [1.165, 1.54) is 42.3 Å². The highest BCUT2D eigenvalue weighted by atomic mass is 16.5. The SMILES string of the molecule is COC(=O)CNc1ccc(C(=O)NCCc2c3c(n4ccccc24)CCCC3)cc1. The maximum atomic E-state index is 12.5. The number of aryl methyl sites for hydroxylation is 1. The monoisotopic (exact) mass is 405 g/mol. The third-order valence-corrected chi connectivity index (χ3v) is 5.74. The molecule has 1 amide bonds. The molecule has 1 aromatic carbocycles. The molecule has 2 heterocycles. The number of nitrogens with one attached hydrogen (secondary N) is 2. The minimum absolute atomic E-state index is 0.0908. The van der Waals surface area contributed by atoms with Crippen molar-refractivity contribution >= 4 is 23.1 Å². The van der Waals surface area contributed by atoms with E-state index in [0.717, 1.165) is 24.9 Å². The van der Waals surface area contributed by atoms with Crippen molar-refractivity contribution in [3.05, 3.63) is 71.0 Å². The summed E-state index contributed by atoms with van der Waals surface area (Å²) in [5.41, 5.74) is 6.91. The third-order valence-electron chi connectivity index (χ3n) is 5.74. The Morgan fingerprint density at radius 2 is 1.87 bits per heavy atom. The maximum Gasteiger partial charge on any atom is 0.325 e. The Morgan fingerprint density at radius 1 is 1.07 bits per heavy atom. The van der Waals surface area contributed by atoms with Crippen molar-refractivity contribution in [1.82, 2.24) is 9.72 Å². The van der Waals surface area contributed by atoms with E-state index in [1.54, 1.807) is 24.3 Å². The summed E-state index contributed by atoms with van der Waals surface area (Å²) >= 11 is 0. The van der Waals surface area contributed by atoms with Crippen molar-refractivity contribution in [3.8, 4) is 0 Å². The van der Waals surface area contributed by atoms with Crippen LogP contribution < -0.4 is 10.6 Å². The molecule has 0 fully saturated rings. The number of hydrogen-bond donors (Lipinski definition) is 2. The third kappa shape index (κ3) is 4.17. The minimum atomic E-state index is -0.336. The Morgan fingerprint density at radius 3 is 2.67 bits per heavy atom. The summed E-state index contributed by atoms with van der Waals surface area (Å²) < 4.78 is 6.93. The molecular weight excluding hydrogens is 378 g/mol. The van der Waals surface area contributed by atoms with Gasteiger partial charge in [-0.2, -0.15) is 0 Å². The van der Waals surface area contributed by atoms with Gasteiger partial charge in [-0.3, -0.25) is 9.59 Å². The van der Waals surface area contributed by atoms with Gasteiger partial charge in [0.05, 0.1) is 7.11 Å². The second-order valence-corrected chi connectivity index (χ2v) is 7.58. The highest BCUT2D eigenvalue weighted by Crippen LogP contribution is 2.30. The number of carbonyl (C=O) groups excluding carboxylic acids is 2. The summed E-state index contributed by atoms with van der Waals surface area (Å²) in [6.07, 6.45) is 7.71. The molecule has 0 bridgehead atoms. The second-order valence-electron chi connectivity index (χ2n) is 7.58. The van der Waals surface area contributed by atoms with Gasteiger partial charge in [-0.15, -0.1) is 0 Å². The molecule has 4 rings (SSSR count). The summed E-state index contributed by atoms with van der Waals surface area (Å²) in [5, 5.41) is 6.01. The lowest BCUT2D eigenvalue weighted by molar-refractivity contribution is -0.138. The molecule has 1 aliphatic rings. The van der Waals surface area contributed by atoms with Gasteiger partial charge in [0.25, 0.3) is 5.91 Å². The Kier molecular flexibility index (Phi) is 6.02. The fraction of sp³-hybridized carbons (Fsp3) is 0.333. The zero-order chi connectivity index (χ0) is 20.9. The number of fused-ring (bicyclic) bond motifs is 3. The second kappa shape index (κ2) is 9.03. The molecule has 0 radical (unpaired) electrons. The fourth-order valence-corrected chi connectivity index (χ4v) is 4.23. The van der Waals surface area contributed by atoms with Crippen molar-refractivity contribution in [2.45, 2.75) is 32.1 Å². The first-order chi connectivity index (χ1) is 14.7. The van der Waals surface area contributed by atoms with Crippen LogP contribution >= 0.6 is 0 Å². The van der Waals surface area contributed by atoms with E-state index >= 15 is 0 Å². The van der Waals surface area contributed by atoms with Crippen LogP contribution in [-0.2, 0) is 28.8 Å². The molecule has 3 aromatic rings. The van der Waals surface area contributed by atoms with Gasteiger partial charge in [0.1, 0.15) is 6.54 Å². The molecule has 30 heavy (non-hydrogen) atoms. The number of amides is 1. The quantitative estimate of drug-likeness (QED) is 0.591. The van der Waals surface area contributed by atoms with Gasteiger partial charge in [0, 0.05) is 35.2 Å². The highest BCUT2D eigenvalue weighted by Gasteiger charge is 2.20. The van der Waals surface area contributed by atoms with Crippen molar-refractivity contribution in [3.63, 3.8) is 0 Å². The summed E-state index contributed by atoms with van der Waals surface area (Å²) in [5.74, 6) is -0.427. The van der Waals surface area contributed by atoms with Gasteiger partial charge in [0.15, 0.2) is 0 Å². The van der Waals surface area contributed by atoms with Crippen LogP contribution in [-0.4, -0.2) is 36.5 Å². The highest BCUT2D eigenvalue weighted by molar-refractivity contribution is 5.94. The average Bonchev–Trinajstić information content (AvgIpc) is 3.11. The Balaban J connectivity index is 1.38. The molecule has 1 aliphatic carbocycles. The first-order valence-electron chi connectivity index (χ1n) is 10.5. The van der Waals surface area contributed by atoms with E-state index < -0.39 is 0 Å². The number of hydrogen-bond acceptors (Lipinski definition) is 4. The van der Waals surface area contributed by atoms with E-state index in [2.05, 4.69) is 44.2 Å². The number of rotatable bonds is 7. The Bertz CT molecular complexity index is 1050. The van der Waals surface area contributed by atoms with Crippen molar-refractivity contribution < 1.29 is 14.3 Å². The topological polar surface area (TPSA) is 71.8 Å². The van der Waals surface area contributed by atoms with Crippen LogP contribution in [0.3, 0.4) is 0 Å². The number of pyridine rings is 1. The molecule has 0 saturated heterocycles. The molecule has 0 saturated carbocycles. The van der Waals surface area contributed by atoms with E-state index in [4.69, 9.17) is 0 Å². The standard InChI is InChI=1S/C24H27N3O3/c1-30-23(28)16-26-18-11-9-17(10-12-18)24(29)25-14-13-20-19-6-2-3-7-21(19)27-15-5-4-8-22(20)27/h4-5,8-12,15,26H,2-3,6-7,13-14,16H2,1H3,(H,25,29). The van der Waals surface area contributed by atoms with Crippen LogP contribution in [0.15, 0.2) is 48.7 Å². The molecular formula is C24H27N3O3. The minimum Gasteiger partial charge on any atom is -0.468 e. The summed E-state index contributed by atoms with van der Waals surface area (Å²) in [7, 11) is 1.35. The first kappa shape index (κ1) is 20.0. The molecule has 2 aromatic heterocycles. The zero-order valence-electron chi connectivity index (χ0n) is 17.2. The molecule has 0 aliphatic heterocycles. The molecule has 6 nitrogen and oxygen atoms in total. The average molecular weight is 405 g/mol. The van der Waals surface area contributed by atoms with E-state index in [9.17, 15) is 9.59 Å². The molecule has 156 valence electrons. The van der Waals surface area contributed by atoms with Crippen molar-refractivity contribution in [2.24, 2.45) is 0 Å². The van der Waals surface area contributed by atoms with Crippen LogP contribution in [0.1, 0.15) is 40.0 Å². The molecule has 2 N–H and O–H groups in total. The lowest BCUT2D eigenvalue weighted by atomic mass is 9.93. The van der Waals surface area contributed by atoms with Crippen LogP contribution in [0.25, 0.3) is 5.52 Å². The van der Waals surface area contributed by atoms with E-state index in [-0.39, 0.29) is 18.4 Å². The van der Waals surface area contributed by atoms with Crippen LogP contribution in [0.4, 0.5) is 5.69 Å². The van der Waals surface area contributed by atoms with E-state index in [0.29, 0.717) is 12.1 Å². The Hall–Kier alpha value is -3.28. The predicted octanol–water partition coefficient (Wildman–Crippen LogP) is 3.38. The summed E-state index contributed by atoms with van der Waals surface area (Å²) in [4.78, 5) is 23.7. The number of methoxy groups -OCH3 is 1. The van der Waals surface area contributed by atoms with Gasteiger partial charge in [-0.1, -0.05) is 6.07 Å². The van der Waals surface area contributed by atoms with Crippen LogP contribution in [0, 0.1) is 0 Å². The molecule has 6 heteroatoms. The number of anilines is 1. The lowest BCUT2D eigenvalue weighted by Gasteiger charge is -2.13. The number of esters is 1. The van der Waals surface area contributed by atoms with Gasteiger partial charge in [0.2, 0.25) is 0 Å². The fourth-order valence-electron chi connectivity index (χ4n) is 4.23. The largest absolute Gasteiger partial charge is 0.468 e. The maximum absolute atomic E-state index is 12.5. The summed E-state index contributed by atoms with van der Waals surface area (Å²) in [6.45, 7) is 0.695. The number of benzene rings is 1. The number of carbonyl (C=O) groups is 2. The molecule has 0 spiro atoms. The van der Waals surface area contributed by atoms with Gasteiger partial charge in [-0.25, -0.2) is 0 Å². The van der Waals surface area contributed by atoms with Gasteiger partial charge < -0.3 is 19.8 Å². The number of ether oxygens (including phenoxy) is 1. The van der Waals surface area contributed by atoms with Crippen molar-refractivity contribution in [1.29, 1.82) is 0 Å². The van der Waals surface area contributed by atoms with Crippen LogP contribution in [0.2, 0.25) is 0 Å². The zero-order valence-corrected chi connectivity index (χ0v) is 17.2. The summed E-state index contributed by atoms with van der Waals surface area (Å²) in [6, 6.07) is 13.4. The smallest absolute Gasteiger partial charge is 0.325 e. The van der Waals surface area contributed by atoms with Gasteiger partial charge in [-0.05, 0) is 79.6 Å². The number of nitrogens with zero attached hydrogens (tertiary/aromatic N) is 1. The predicted molar refractivity (Wildman–Crippen MR) is 117 cm³/mol. The van der Waals surface area contributed by atoms with Gasteiger partial charge >= 0.3 is 5.97 Å². The first-order valence-corrected chi connectivity index (χ1v) is 10.5. The molecule has 0 atom stereocenters. The normalized spacial score (nSPS) is 13.0. The molecule has 0 unspecified atom stereocenters.